The first-order valence-corrected chi connectivity index (χ1v) is 8.22. The SMILES string of the molecule is O=C(c1cccc(C(F)(F)F)c1)N1CCN(c2ccccc2[N+](=O)[O-])CC1. The minimum Gasteiger partial charge on any atom is -0.362 e. The lowest BCUT2D eigenvalue weighted by Gasteiger charge is -2.35. The predicted octanol–water partition coefficient (Wildman–Crippen LogP) is 3.58. The summed E-state index contributed by atoms with van der Waals surface area (Å²) < 4.78 is 38.5. The maximum absolute atomic E-state index is 12.8. The number of hydrogen-bond acceptors (Lipinski definition) is 4. The lowest BCUT2D eigenvalue weighted by molar-refractivity contribution is -0.384. The number of benzene rings is 2. The molecule has 27 heavy (non-hydrogen) atoms. The van der Waals surface area contributed by atoms with Gasteiger partial charge in [0.1, 0.15) is 5.69 Å². The third-order valence-electron chi connectivity index (χ3n) is 4.42. The lowest BCUT2D eigenvalue weighted by Crippen LogP contribution is -2.49. The predicted molar refractivity (Wildman–Crippen MR) is 92.7 cm³/mol. The summed E-state index contributed by atoms with van der Waals surface area (Å²) in [5.41, 5.74) is -0.445. The van der Waals surface area contributed by atoms with Crippen LogP contribution in [0.3, 0.4) is 0 Å². The molecule has 0 saturated carbocycles. The Kier molecular flexibility index (Phi) is 5.02. The van der Waals surface area contributed by atoms with E-state index >= 15 is 0 Å². The number of amides is 1. The quantitative estimate of drug-likeness (QED) is 0.604. The highest BCUT2D eigenvalue weighted by molar-refractivity contribution is 5.94. The van der Waals surface area contributed by atoms with Crippen molar-refractivity contribution in [2.24, 2.45) is 0 Å². The normalized spacial score (nSPS) is 14.9. The fraction of sp³-hybridized carbons (Fsp3) is 0.278. The van der Waals surface area contributed by atoms with Gasteiger partial charge in [0.2, 0.25) is 0 Å². The molecule has 1 saturated heterocycles. The zero-order chi connectivity index (χ0) is 19.6. The van der Waals surface area contributed by atoms with Gasteiger partial charge in [0.05, 0.1) is 10.5 Å². The van der Waals surface area contributed by atoms with Crippen LogP contribution < -0.4 is 4.90 Å². The van der Waals surface area contributed by atoms with Crippen molar-refractivity contribution in [1.29, 1.82) is 0 Å². The van der Waals surface area contributed by atoms with Crippen molar-refractivity contribution in [3.8, 4) is 0 Å². The number of para-hydroxylation sites is 2. The molecule has 9 heteroatoms. The van der Waals surface area contributed by atoms with Crippen molar-refractivity contribution in [2.45, 2.75) is 6.18 Å². The summed E-state index contributed by atoms with van der Waals surface area (Å²) in [6, 6.07) is 10.7. The van der Waals surface area contributed by atoms with Gasteiger partial charge in [-0.25, -0.2) is 0 Å². The Balaban J connectivity index is 1.71. The summed E-state index contributed by atoms with van der Waals surface area (Å²) in [4.78, 5) is 26.5. The largest absolute Gasteiger partial charge is 0.416 e. The molecular weight excluding hydrogens is 363 g/mol. The maximum atomic E-state index is 12.8. The van der Waals surface area contributed by atoms with E-state index in [1.807, 2.05) is 0 Å². The third kappa shape index (κ3) is 4.02. The molecule has 2 aromatic rings. The number of carbonyl (C=O) groups is 1. The fourth-order valence-electron chi connectivity index (χ4n) is 3.05. The molecule has 2 aromatic carbocycles. The highest BCUT2D eigenvalue weighted by Gasteiger charge is 2.32. The molecular formula is C18H16F3N3O3. The van der Waals surface area contributed by atoms with Crippen LogP contribution in [-0.4, -0.2) is 41.9 Å². The van der Waals surface area contributed by atoms with Crippen molar-refractivity contribution < 1.29 is 22.9 Å². The van der Waals surface area contributed by atoms with Crippen molar-refractivity contribution in [1.82, 2.24) is 4.90 Å². The van der Waals surface area contributed by atoms with Crippen LogP contribution in [0.4, 0.5) is 24.5 Å². The van der Waals surface area contributed by atoms with Gasteiger partial charge >= 0.3 is 6.18 Å². The second kappa shape index (κ2) is 7.26. The van der Waals surface area contributed by atoms with E-state index in [0.29, 0.717) is 18.8 Å². The minimum atomic E-state index is -4.51. The number of halogens is 3. The summed E-state index contributed by atoms with van der Waals surface area (Å²) in [7, 11) is 0. The van der Waals surface area contributed by atoms with Crippen LogP contribution in [0.2, 0.25) is 0 Å². The van der Waals surface area contributed by atoms with Gasteiger partial charge in [-0.3, -0.25) is 14.9 Å². The Labute approximate surface area is 153 Å². The van der Waals surface area contributed by atoms with Crippen molar-refractivity contribution in [3.05, 3.63) is 69.8 Å². The van der Waals surface area contributed by atoms with Crippen LogP contribution in [0.5, 0.6) is 0 Å². The van der Waals surface area contributed by atoms with Gasteiger partial charge in [-0.2, -0.15) is 13.2 Å². The van der Waals surface area contributed by atoms with E-state index in [1.54, 1.807) is 23.1 Å². The number of piperazine rings is 1. The van der Waals surface area contributed by atoms with Gasteiger partial charge in [-0.1, -0.05) is 18.2 Å². The van der Waals surface area contributed by atoms with Crippen molar-refractivity contribution in [3.63, 3.8) is 0 Å². The maximum Gasteiger partial charge on any atom is 0.416 e. The van der Waals surface area contributed by atoms with Gasteiger partial charge in [0.15, 0.2) is 0 Å². The summed E-state index contributed by atoms with van der Waals surface area (Å²) >= 11 is 0. The van der Waals surface area contributed by atoms with Crippen LogP contribution in [-0.2, 0) is 6.18 Å². The number of carbonyl (C=O) groups excluding carboxylic acids is 1. The molecule has 1 aliphatic rings. The standard InChI is InChI=1S/C18H16F3N3O3/c19-18(20,21)14-5-3-4-13(12-14)17(25)23-10-8-22(9-11-23)15-6-1-2-7-16(15)24(26)27/h1-7,12H,8-11H2. The molecule has 0 N–H and O–H groups in total. The Morgan fingerprint density at radius 3 is 2.30 bits per heavy atom. The van der Waals surface area contributed by atoms with Gasteiger partial charge < -0.3 is 9.80 Å². The number of anilines is 1. The Hall–Kier alpha value is -3.10. The number of nitro groups is 1. The molecule has 1 heterocycles. The average Bonchev–Trinajstić information content (AvgIpc) is 2.67. The molecule has 0 radical (unpaired) electrons. The molecule has 6 nitrogen and oxygen atoms in total. The van der Waals surface area contributed by atoms with Crippen molar-refractivity contribution >= 4 is 17.3 Å². The molecule has 3 rings (SSSR count). The molecule has 1 aliphatic heterocycles. The van der Waals surface area contributed by atoms with E-state index in [1.165, 1.54) is 23.1 Å². The first-order valence-electron chi connectivity index (χ1n) is 8.22. The Morgan fingerprint density at radius 1 is 1.00 bits per heavy atom. The number of nitrogens with zero attached hydrogens (tertiary/aromatic N) is 3. The first kappa shape index (κ1) is 18.7. The number of alkyl halides is 3. The molecule has 142 valence electrons. The zero-order valence-electron chi connectivity index (χ0n) is 14.1. The van der Waals surface area contributed by atoms with Crippen molar-refractivity contribution in [2.75, 3.05) is 31.1 Å². The lowest BCUT2D eigenvalue weighted by atomic mass is 10.1. The second-order valence-electron chi connectivity index (χ2n) is 6.10. The minimum absolute atomic E-state index is 0.0184. The average molecular weight is 379 g/mol. The molecule has 0 atom stereocenters. The van der Waals surface area contributed by atoms with Crippen LogP contribution in [0.25, 0.3) is 0 Å². The van der Waals surface area contributed by atoms with Gasteiger partial charge in [-0.15, -0.1) is 0 Å². The summed E-state index contributed by atoms with van der Waals surface area (Å²) in [6.07, 6.45) is -4.51. The fourth-order valence-corrected chi connectivity index (χ4v) is 3.05. The van der Waals surface area contributed by atoms with Gasteiger partial charge in [0, 0.05) is 37.8 Å². The van der Waals surface area contributed by atoms with Gasteiger partial charge in [0.25, 0.3) is 11.6 Å². The van der Waals surface area contributed by atoms with Crippen LogP contribution >= 0.6 is 0 Å². The summed E-state index contributed by atoms with van der Waals surface area (Å²) in [5.74, 6) is -0.483. The van der Waals surface area contributed by atoms with Crippen LogP contribution in [0, 0.1) is 10.1 Å². The van der Waals surface area contributed by atoms with E-state index in [4.69, 9.17) is 0 Å². The smallest absolute Gasteiger partial charge is 0.362 e. The van der Waals surface area contributed by atoms with Crippen LogP contribution in [0.1, 0.15) is 15.9 Å². The Morgan fingerprint density at radius 2 is 1.67 bits per heavy atom. The first-order chi connectivity index (χ1) is 12.8. The van der Waals surface area contributed by atoms with E-state index in [0.717, 1.165) is 12.1 Å². The Bertz CT molecular complexity index is 862. The molecule has 0 unspecified atom stereocenters. The third-order valence-corrected chi connectivity index (χ3v) is 4.42. The highest BCUT2D eigenvalue weighted by Crippen LogP contribution is 2.31. The highest BCUT2D eigenvalue weighted by atomic mass is 19.4. The van der Waals surface area contributed by atoms with E-state index in [-0.39, 0.29) is 24.3 Å². The summed E-state index contributed by atoms with van der Waals surface area (Å²) in [6.45, 7) is 1.24. The molecule has 0 bridgehead atoms. The number of rotatable bonds is 3. The topological polar surface area (TPSA) is 66.7 Å². The number of hydrogen-bond donors (Lipinski definition) is 0. The molecule has 0 spiro atoms. The van der Waals surface area contributed by atoms with Gasteiger partial charge in [-0.05, 0) is 24.3 Å². The summed E-state index contributed by atoms with van der Waals surface area (Å²) in [5, 5.41) is 11.2. The number of nitro benzene ring substituents is 1. The molecule has 0 aliphatic carbocycles. The zero-order valence-corrected chi connectivity index (χ0v) is 14.1. The molecule has 1 fully saturated rings. The van der Waals surface area contributed by atoms with E-state index < -0.39 is 22.6 Å². The van der Waals surface area contributed by atoms with E-state index in [2.05, 4.69) is 0 Å². The molecule has 0 aromatic heterocycles. The monoisotopic (exact) mass is 379 g/mol. The molecule has 1 amide bonds. The second-order valence-corrected chi connectivity index (χ2v) is 6.10. The van der Waals surface area contributed by atoms with Crippen LogP contribution in [0.15, 0.2) is 48.5 Å². The van der Waals surface area contributed by atoms with E-state index in [9.17, 15) is 28.1 Å².